The lowest BCUT2D eigenvalue weighted by Crippen LogP contribution is -2.36. The average Bonchev–Trinajstić information content (AvgIpc) is 2.50. The largest absolute Gasteiger partial charge is 0.503 e. The summed E-state index contributed by atoms with van der Waals surface area (Å²) in [6.45, 7) is 4.00. The normalized spacial score (nSPS) is 10.4. The second-order valence-corrected chi connectivity index (χ2v) is 6.16. The molecule has 0 spiro atoms. The highest BCUT2D eigenvalue weighted by molar-refractivity contribution is 14.1. The monoisotopic (exact) mass is 434 g/mol. The molecule has 8 heteroatoms. The van der Waals surface area contributed by atoms with Crippen LogP contribution in [0.15, 0.2) is 6.20 Å². The van der Waals surface area contributed by atoms with Crippen LogP contribution in [0, 0.1) is 0 Å². The van der Waals surface area contributed by atoms with Crippen molar-refractivity contribution >= 4 is 46.2 Å². The molecule has 1 aromatic rings. The van der Waals surface area contributed by atoms with Crippen LogP contribution < -0.4 is 10.2 Å². The summed E-state index contributed by atoms with van der Waals surface area (Å²) < 4.78 is 0.965. The third-order valence-electron chi connectivity index (χ3n) is 3.12. The zero-order chi connectivity index (χ0) is 17.2. The zero-order valence-electron chi connectivity index (χ0n) is 13.5. The number of halogens is 1. The minimum atomic E-state index is -0.435. The van der Waals surface area contributed by atoms with E-state index in [1.807, 2.05) is 0 Å². The number of nitrogens with one attached hydrogen (secondary N) is 1. The van der Waals surface area contributed by atoms with Crippen LogP contribution in [-0.4, -0.2) is 37.9 Å². The Morgan fingerprint density at radius 1 is 1.35 bits per heavy atom. The molecule has 0 aliphatic heterocycles. The Labute approximate surface area is 150 Å². The van der Waals surface area contributed by atoms with Crippen LogP contribution in [0.2, 0.25) is 0 Å². The van der Waals surface area contributed by atoms with E-state index >= 15 is 0 Å². The average molecular weight is 434 g/mol. The Bertz CT molecular complexity index is 539. The molecule has 2 amide bonds. The Morgan fingerprint density at radius 3 is 2.70 bits per heavy atom. The van der Waals surface area contributed by atoms with E-state index in [0.717, 1.165) is 28.6 Å². The molecule has 1 aromatic heterocycles. The van der Waals surface area contributed by atoms with E-state index in [1.165, 1.54) is 13.1 Å². The molecule has 0 aliphatic carbocycles. The third kappa shape index (κ3) is 6.28. The van der Waals surface area contributed by atoms with E-state index in [2.05, 4.69) is 44.8 Å². The van der Waals surface area contributed by atoms with Gasteiger partial charge in [0, 0.05) is 19.9 Å². The Kier molecular flexibility index (Phi) is 8.82. The number of hydrogen-bond acceptors (Lipinski definition) is 6. The van der Waals surface area contributed by atoms with Crippen LogP contribution in [0.4, 0.5) is 11.8 Å². The molecule has 7 nitrogen and oxygen atoms in total. The zero-order valence-corrected chi connectivity index (χ0v) is 15.7. The number of aromatic nitrogens is 2. The standard InChI is InChI=1S/C15H23IN4O3/c1-3-4-9-17-14-12(22)10-18-15(19-14)20(11(2)21)13(23)7-5-6-8-16/h10,22H,3-9H2,1-2H3,(H,17,18,19). The first-order valence-electron chi connectivity index (χ1n) is 7.70. The highest BCUT2D eigenvalue weighted by Gasteiger charge is 2.23. The molecule has 1 rings (SSSR count). The predicted molar refractivity (Wildman–Crippen MR) is 98.0 cm³/mol. The molecule has 0 bridgehead atoms. The van der Waals surface area contributed by atoms with Gasteiger partial charge in [-0.3, -0.25) is 9.59 Å². The van der Waals surface area contributed by atoms with Gasteiger partial charge in [-0.2, -0.15) is 4.98 Å². The molecule has 0 unspecified atom stereocenters. The van der Waals surface area contributed by atoms with Crippen molar-refractivity contribution in [3.8, 4) is 5.75 Å². The summed E-state index contributed by atoms with van der Waals surface area (Å²) >= 11 is 2.25. The van der Waals surface area contributed by atoms with Crippen LogP contribution >= 0.6 is 22.6 Å². The van der Waals surface area contributed by atoms with E-state index in [1.54, 1.807) is 0 Å². The predicted octanol–water partition coefficient (Wildman–Crippen LogP) is 2.88. The summed E-state index contributed by atoms with van der Waals surface area (Å²) in [6, 6.07) is 0. The molecule has 0 aliphatic rings. The number of hydrogen-bond donors (Lipinski definition) is 2. The van der Waals surface area contributed by atoms with E-state index < -0.39 is 5.91 Å². The van der Waals surface area contributed by atoms with Crippen molar-refractivity contribution in [2.24, 2.45) is 0 Å². The summed E-state index contributed by atoms with van der Waals surface area (Å²) in [7, 11) is 0. The van der Waals surface area contributed by atoms with Crippen LogP contribution in [-0.2, 0) is 9.59 Å². The first-order valence-corrected chi connectivity index (χ1v) is 9.23. The number of anilines is 2. The van der Waals surface area contributed by atoms with Crippen molar-refractivity contribution in [3.05, 3.63) is 6.20 Å². The van der Waals surface area contributed by atoms with Crippen LogP contribution in [0.1, 0.15) is 46.0 Å². The summed E-state index contributed by atoms with van der Waals surface area (Å²) in [4.78, 5) is 33.1. The highest BCUT2D eigenvalue weighted by atomic mass is 127. The van der Waals surface area contributed by atoms with Gasteiger partial charge >= 0.3 is 0 Å². The minimum absolute atomic E-state index is 0.00577. The van der Waals surface area contributed by atoms with Crippen LogP contribution in [0.3, 0.4) is 0 Å². The molecule has 1 heterocycles. The first kappa shape index (κ1) is 19.6. The molecule has 0 aromatic carbocycles. The minimum Gasteiger partial charge on any atom is -0.503 e. The molecule has 2 N–H and O–H groups in total. The van der Waals surface area contributed by atoms with Crippen molar-refractivity contribution in [2.45, 2.75) is 46.0 Å². The Balaban J connectivity index is 2.92. The van der Waals surface area contributed by atoms with Gasteiger partial charge in [0.05, 0.1) is 6.20 Å². The molecule has 0 radical (unpaired) electrons. The fourth-order valence-corrected chi connectivity index (χ4v) is 2.44. The quantitative estimate of drug-likeness (QED) is 0.353. The number of carbonyl (C=O) groups is 2. The van der Waals surface area contributed by atoms with E-state index in [-0.39, 0.29) is 29.8 Å². The highest BCUT2D eigenvalue weighted by Crippen LogP contribution is 2.23. The Morgan fingerprint density at radius 2 is 2.09 bits per heavy atom. The number of aromatic hydroxyl groups is 1. The maximum atomic E-state index is 12.3. The molecule has 0 atom stereocenters. The fraction of sp³-hybridized carbons (Fsp3) is 0.600. The molecule has 0 saturated carbocycles. The number of imide groups is 1. The molecule has 23 heavy (non-hydrogen) atoms. The number of rotatable bonds is 9. The van der Waals surface area contributed by atoms with E-state index in [4.69, 9.17) is 0 Å². The number of unbranched alkanes of at least 4 members (excludes halogenated alkanes) is 2. The van der Waals surface area contributed by atoms with Gasteiger partial charge < -0.3 is 10.4 Å². The van der Waals surface area contributed by atoms with E-state index in [0.29, 0.717) is 13.0 Å². The van der Waals surface area contributed by atoms with Crippen molar-refractivity contribution < 1.29 is 14.7 Å². The number of nitrogens with zero attached hydrogens (tertiary/aromatic N) is 3. The number of amides is 2. The summed E-state index contributed by atoms with van der Waals surface area (Å²) in [6.07, 6.45) is 5.02. The summed E-state index contributed by atoms with van der Waals surface area (Å²) in [5.74, 6) is -0.642. The first-order chi connectivity index (χ1) is 11.0. The van der Waals surface area contributed by atoms with Crippen LogP contribution in [0.5, 0.6) is 5.75 Å². The van der Waals surface area contributed by atoms with Gasteiger partial charge in [-0.25, -0.2) is 9.88 Å². The van der Waals surface area contributed by atoms with Gasteiger partial charge in [0.25, 0.3) is 0 Å². The topological polar surface area (TPSA) is 95.4 Å². The molecule has 0 fully saturated rings. The maximum absolute atomic E-state index is 12.3. The third-order valence-corrected chi connectivity index (χ3v) is 3.88. The van der Waals surface area contributed by atoms with Crippen molar-refractivity contribution in [3.63, 3.8) is 0 Å². The molecular formula is C15H23IN4O3. The van der Waals surface area contributed by atoms with Gasteiger partial charge in [0.2, 0.25) is 17.8 Å². The van der Waals surface area contributed by atoms with Gasteiger partial charge in [-0.1, -0.05) is 35.9 Å². The van der Waals surface area contributed by atoms with Crippen molar-refractivity contribution in [1.29, 1.82) is 0 Å². The number of alkyl halides is 1. The maximum Gasteiger partial charge on any atom is 0.241 e. The molecule has 128 valence electrons. The van der Waals surface area contributed by atoms with Gasteiger partial charge in [0.15, 0.2) is 11.6 Å². The Hall–Kier alpha value is -1.45. The summed E-state index contributed by atoms with van der Waals surface area (Å²) in [5, 5.41) is 12.8. The van der Waals surface area contributed by atoms with Crippen LogP contribution in [0.25, 0.3) is 0 Å². The lowest BCUT2D eigenvalue weighted by molar-refractivity contribution is -0.125. The number of carbonyl (C=O) groups excluding carboxylic acids is 2. The van der Waals surface area contributed by atoms with Gasteiger partial charge in [0.1, 0.15) is 0 Å². The second kappa shape index (κ2) is 10.3. The summed E-state index contributed by atoms with van der Waals surface area (Å²) in [5.41, 5.74) is 0. The lowest BCUT2D eigenvalue weighted by atomic mass is 10.2. The van der Waals surface area contributed by atoms with Gasteiger partial charge in [-0.15, -0.1) is 0 Å². The second-order valence-electron chi connectivity index (χ2n) is 5.08. The lowest BCUT2D eigenvalue weighted by Gasteiger charge is -2.18. The molecular weight excluding hydrogens is 411 g/mol. The van der Waals surface area contributed by atoms with Crippen molar-refractivity contribution in [2.75, 3.05) is 21.2 Å². The fourth-order valence-electron chi connectivity index (χ4n) is 1.90. The van der Waals surface area contributed by atoms with Crippen molar-refractivity contribution in [1.82, 2.24) is 9.97 Å². The van der Waals surface area contributed by atoms with E-state index in [9.17, 15) is 14.7 Å². The SMILES string of the molecule is CCCCNc1nc(N(C(C)=O)C(=O)CCCCI)ncc1O. The molecule has 0 saturated heterocycles. The van der Waals surface area contributed by atoms with Gasteiger partial charge in [-0.05, 0) is 23.7 Å². The smallest absolute Gasteiger partial charge is 0.241 e.